The second-order valence-corrected chi connectivity index (χ2v) is 9.79. The van der Waals surface area contributed by atoms with E-state index >= 15 is 0 Å². The van der Waals surface area contributed by atoms with Crippen molar-refractivity contribution in [1.29, 1.82) is 0 Å². The molecule has 5 rings (SSSR count). The first-order valence-corrected chi connectivity index (χ1v) is 12.6. The first kappa shape index (κ1) is 25.4. The summed E-state index contributed by atoms with van der Waals surface area (Å²) in [6, 6.07) is 16.5. The lowest BCUT2D eigenvalue weighted by atomic mass is 10.1. The Kier molecular flexibility index (Phi) is 7.88. The van der Waals surface area contributed by atoms with Gasteiger partial charge in [-0.05, 0) is 54.3 Å². The third kappa shape index (κ3) is 6.39. The molecular weight excluding hydrogens is 500 g/mol. The molecule has 1 amide bonds. The minimum absolute atomic E-state index is 0.0340. The van der Waals surface area contributed by atoms with Crippen molar-refractivity contribution in [1.82, 2.24) is 15.5 Å². The largest absolute Gasteiger partial charge is 0.454 e. The Bertz CT molecular complexity index is 1280. The zero-order chi connectivity index (χ0) is 25.8. The lowest BCUT2D eigenvalue weighted by Crippen LogP contribution is -2.43. The highest BCUT2D eigenvalue weighted by atomic mass is 35.5. The van der Waals surface area contributed by atoms with Gasteiger partial charge < -0.3 is 20.1 Å². The number of amides is 1. The summed E-state index contributed by atoms with van der Waals surface area (Å²) >= 11 is 6.17. The quantitative estimate of drug-likeness (QED) is 0.431. The lowest BCUT2D eigenvalue weighted by Gasteiger charge is -2.23. The molecular formula is C28H28ClF2N3O3. The van der Waals surface area contributed by atoms with E-state index in [1.807, 2.05) is 42.5 Å². The summed E-state index contributed by atoms with van der Waals surface area (Å²) in [4.78, 5) is 15.4. The summed E-state index contributed by atoms with van der Waals surface area (Å²) in [5.74, 6) is 0.208. The fourth-order valence-corrected chi connectivity index (χ4v) is 5.05. The molecule has 2 atom stereocenters. The topological polar surface area (TPSA) is 62.8 Å². The second-order valence-electron chi connectivity index (χ2n) is 9.35. The fourth-order valence-electron chi connectivity index (χ4n) is 4.83. The smallest absolute Gasteiger partial charge is 0.237 e. The van der Waals surface area contributed by atoms with Gasteiger partial charge in [0.15, 0.2) is 11.5 Å². The zero-order valence-corrected chi connectivity index (χ0v) is 20.9. The molecule has 194 valence electrons. The molecule has 2 N–H and O–H groups in total. The van der Waals surface area contributed by atoms with Gasteiger partial charge in [-0.3, -0.25) is 9.69 Å². The molecule has 37 heavy (non-hydrogen) atoms. The highest BCUT2D eigenvalue weighted by Crippen LogP contribution is 2.32. The predicted molar refractivity (Wildman–Crippen MR) is 137 cm³/mol. The van der Waals surface area contributed by atoms with Gasteiger partial charge in [-0.1, -0.05) is 35.9 Å². The van der Waals surface area contributed by atoms with E-state index in [1.54, 1.807) is 0 Å². The van der Waals surface area contributed by atoms with E-state index in [1.165, 1.54) is 12.1 Å². The Hall–Kier alpha value is -3.20. The molecule has 0 aliphatic carbocycles. The first-order valence-electron chi connectivity index (χ1n) is 12.3. The van der Waals surface area contributed by atoms with E-state index in [-0.39, 0.29) is 31.3 Å². The van der Waals surface area contributed by atoms with Crippen LogP contribution in [0.4, 0.5) is 8.78 Å². The van der Waals surface area contributed by atoms with Crippen LogP contribution >= 0.6 is 11.6 Å². The predicted octanol–water partition coefficient (Wildman–Crippen LogP) is 4.44. The van der Waals surface area contributed by atoms with Gasteiger partial charge in [-0.25, -0.2) is 8.78 Å². The standard InChI is InChI=1S/C28H28ClF2N3O3/c29-21-3-1-2-19(10-21)15-34-16-23(33-14-20-5-6-22(30)12-24(20)31)13-25(34)28(35)32-9-8-18-4-7-26-27(11-18)37-17-36-26/h1-7,10-12,23,25,33H,8-9,13-17H2,(H,32,35)/t23-,25+/m1/s1. The third-order valence-corrected chi connectivity index (χ3v) is 6.96. The Balaban J connectivity index is 1.21. The number of nitrogens with zero attached hydrogens (tertiary/aromatic N) is 1. The number of hydrogen-bond acceptors (Lipinski definition) is 5. The number of benzene rings is 3. The van der Waals surface area contributed by atoms with Gasteiger partial charge in [-0.2, -0.15) is 0 Å². The summed E-state index contributed by atoms with van der Waals surface area (Å²) in [5, 5.41) is 7.05. The molecule has 2 aliphatic rings. The molecule has 6 nitrogen and oxygen atoms in total. The molecule has 0 radical (unpaired) electrons. The van der Waals surface area contributed by atoms with Crippen LogP contribution in [0.25, 0.3) is 0 Å². The number of rotatable bonds is 9. The van der Waals surface area contributed by atoms with Crippen LogP contribution in [0.3, 0.4) is 0 Å². The SMILES string of the molecule is O=C(NCCc1ccc2c(c1)OCO2)[C@@H]1C[C@@H](NCc2ccc(F)cc2F)CN1Cc1cccc(Cl)c1. The first-order chi connectivity index (χ1) is 17.9. The van der Waals surface area contributed by atoms with Gasteiger partial charge in [0.05, 0.1) is 6.04 Å². The molecule has 0 saturated carbocycles. The summed E-state index contributed by atoms with van der Waals surface area (Å²) < 4.78 is 38.1. The van der Waals surface area contributed by atoms with Gasteiger partial charge in [0.2, 0.25) is 12.7 Å². The van der Waals surface area contributed by atoms with Crippen LogP contribution in [-0.2, 0) is 24.3 Å². The van der Waals surface area contributed by atoms with Crippen molar-refractivity contribution >= 4 is 17.5 Å². The monoisotopic (exact) mass is 527 g/mol. The van der Waals surface area contributed by atoms with Gasteiger partial charge in [0.1, 0.15) is 11.6 Å². The Morgan fingerprint density at radius 2 is 1.89 bits per heavy atom. The van der Waals surface area contributed by atoms with E-state index < -0.39 is 11.6 Å². The van der Waals surface area contributed by atoms with Crippen molar-refractivity contribution in [3.63, 3.8) is 0 Å². The molecule has 2 heterocycles. The average Bonchev–Trinajstić information content (AvgIpc) is 3.50. The maximum absolute atomic E-state index is 14.1. The summed E-state index contributed by atoms with van der Waals surface area (Å²) in [7, 11) is 0. The number of ether oxygens (including phenoxy) is 2. The van der Waals surface area contributed by atoms with E-state index in [2.05, 4.69) is 15.5 Å². The van der Waals surface area contributed by atoms with Gasteiger partial charge in [0.25, 0.3) is 0 Å². The number of carbonyl (C=O) groups is 1. The van der Waals surface area contributed by atoms with Crippen molar-refractivity contribution in [2.75, 3.05) is 19.9 Å². The molecule has 2 aliphatic heterocycles. The number of hydrogen-bond donors (Lipinski definition) is 2. The molecule has 1 fully saturated rings. The lowest BCUT2D eigenvalue weighted by molar-refractivity contribution is -0.125. The van der Waals surface area contributed by atoms with Gasteiger partial charge >= 0.3 is 0 Å². The maximum Gasteiger partial charge on any atom is 0.237 e. The number of carbonyl (C=O) groups excluding carboxylic acids is 1. The second kappa shape index (κ2) is 11.5. The fraction of sp³-hybridized carbons (Fsp3) is 0.321. The van der Waals surface area contributed by atoms with Gasteiger partial charge in [0, 0.05) is 48.9 Å². The molecule has 1 saturated heterocycles. The minimum Gasteiger partial charge on any atom is -0.454 e. The highest BCUT2D eigenvalue weighted by Gasteiger charge is 2.36. The van der Waals surface area contributed by atoms with Crippen LogP contribution in [0.5, 0.6) is 11.5 Å². The van der Waals surface area contributed by atoms with Crippen LogP contribution < -0.4 is 20.1 Å². The normalized spacial score (nSPS) is 18.8. The Morgan fingerprint density at radius 3 is 2.73 bits per heavy atom. The third-order valence-electron chi connectivity index (χ3n) is 6.73. The molecule has 0 spiro atoms. The van der Waals surface area contributed by atoms with Crippen LogP contribution in [0.1, 0.15) is 23.1 Å². The molecule has 3 aromatic carbocycles. The summed E-state index contributed by atoms with van der Waals surface area (Å²) in [6.07, 6.45) is 1.23. The van der Waals surface area contributed by atoms with E-state index in [4.69, 9.17) is 21.1 Å². The number of nitrogens with one attached hydrogen (secondary N) is 2. The van der Waals surface area contributed by atoms with Crippen LogP contribution in [0, 0.1) is 11.6 Å². The minimum atomic E-state index is -0.604. The van der Waals surface area contributed by atoms with Crippen molar-refractivity contribution in [2.24, 2.45) is 0 Å². The van der Waals surface area contributed by atoms with Crippen LogP contribution in [0.2, 0.25) is 5.02 Å². The molecule has 0 bridgehead atoms. The number of halogens is 3. The zero-order valence-electron chi connectivity index (χ0n) is 20.2. The number of fused-ring (bicyclic) bond motifs is 1. The summed E-state index contributed by atoms with van der Waals surface area (Å²) in [6.45, 7) is 2.13. The Labute approximate surface area is 219 Å². The number of likely N-dealkylation sites (tertiary alicyclic amines) is 1. The molecule has 3 aromatic rings. The van der Waals surface area contributed by atoms with Crippen molar-refractivity contribution in [2.45, 2.75) is 38.0 Å². The van der Waals surface area contributed by atoms with Crippen molar-refractivity contribution in [3.8, 4) is 11.5 Å². The molecule has 0 aromatic heterocycles. The Morgan fingerprint density at radius 1 is 1.03 bits per heavy atom. The van der Waals surface area contributed by atoms with Crippen molar-refractivity contribution < 1.29 is 23.0 Å². The highest BCUT2D eigenvalue weighted by molar-refractivity contribution is 6.30. The van der Waals surface area contributed by atoms with E-state index in [0.29, 0.717) is 43.1 Å². The summed E-state index contributed by atoms with van der Waals surface area (Å²) in [5.41, 5.74) is 2.45. The van der Waals surface area contributed by atoms with Crippen LogP contribution in [0.15, 0.2) is 60.7 Å². The average molecular weight is 528 g/mol. The maximum atomic E-state index is 14.1. The molecule has 9 heteroatoms. The van der Waals surface area contributed by atoms with E-state index in [9.17, 15) is 13.6 Å². The van der Waals surface area contributed by atoms with E-state index in [0.717, 1.165) is 28.7 Å². The van der Waals surface area contributed by atoms with Crippen LogP contribution in [-0.4, -0.2) is 42.8 Å². The molecule has 0 unspecified atom stereocenters. The van der Waals surface area contributed by atoms with Gasteiger partial charge in [-0.15, -0.1) is 0 Å². The van der Waals surface area contributed by atoms with Crippen molar-refractivity contribution in [3.05, 3.63) is 94.0 Å².